The minimum Gasteiger partial charge on any atom is -0.352 e. The number of carbonyl (C=O) groups is 1. The molecule has 0 saturated carbocycles. The Bertz CT molecular complexity index is 597. The number of rotatable bonds is 9. The highest BCUT2D eigenvalue weighted by atomic mass is 16.2. The molecule has 24 heavy (non-hydrogen) atoms. The van der Waals surface area contributed by atoms with Crippen LogP contribution in [0.4, 0.5) is 0 Å². The van der Waals surface area contributed by atoms with E-state index in [9.17, 15) is 4.79 Å². The highest BCUT2D eigenvalue weighted by Crippen LogP contribution is 2.14. The summed E-state index contributed by atoms with van der Waals surface area (Å²) >= 11 is 0. The molecule has 0 aliphatic heterocycles. The smallest absolute Gasteiger partial charge is 0.245 e. The van der Waals surface area contributed by atoms with E-state index in [1.807, 2.05) is 30.3 Å². The molecule has 2 unspecified atom stereocenters. The second-order valence-corrected chi connectivity index (χ2v) is 6.73. The minimum absolute atomic E-state index is 0.0387. The number of hydrogen-bond acceptors (Lipinski definition) is 4. The average molecular weight is 329 g/mol. The summed E-state index contributed by atoms with van der Waals surface area (Å²) in [5, 5.41) is 14.4. The van der Waals surface area contributed by atoms with Gasteiger partial charge in [-0.05, 0) is 35.3 Å². The van der Waals surface area contributed by atoms with Gasteiger partial charge >= 0.3 is 0 Å². The molecule has 130 valence electrons. The fourth-order valence-corrected chi connectivity index (χ4v) is 2.70. The van der Waals surface area contributed by atoms with E-state index in [-0.39, 0.29) is 11.9 Å². The van der Waals surface area contributed by atoms with Crippen molar-refractivity contribution < 1.29 is 4.79 Å². The summed E-state index contributed by atoms with van der Waals surface area (Å²) in [6.45, 7) is 6.49. The second-order valence-electron chi connectivity index (χ2n) is 6.73. The van der Waals surface area contributed by atoms with Crippen molar-refractivity contribution in [1.82, 2.24) is 25.5 Å². The zero-order chi connectivity index (χ0) is 17.4. The Balaban J connectivity index is 1.97. The minimum atomic E-state index is -0.435. The van der Waals surface area contributed by atoms with Gasteiger partial charge in [0.15, 0.2) is 0 Å². The van der Waals surface area contributed by atoms with Crippen LogP contribution in [-0.2, 0) is 11.2 Å². The number of aromatic nitrogens is 4. The van der Waals surface area contributed by atoms with Crippen LogP contribution in [-0.4, -0.2) is 32.2 Å². The number of nitrogens with zero attached hydrogens (tertiary/aromatic N) is 4. The Morgan fingerprint density at radius 2 is 1.92 bits per heavy atom. The van der Waals surface area contributed by atoms with Crippen LogP contribution in [0.1, 0.15) is 51.6 Å². The first-order chi connectivity index (χ1) is 11.6. The molecule has 6 nitrogen and oxygen atoms in total. The molecule has 0 fully saturated rings. The van der Waals surface area contributed by atoms with Gasteiger partial charge in [0.1, 0.15) is 12.4 Å². The molecule has 0 spiro atoms. The topological polar surface area (TPSA) is 72.7 Å². The predicted molar refractivity (Wildman–Crippen MR) is 93.3 cm³/mol. The first-order valence-corrected chi connectivity index (χ1v) is 8.63. The van der Waals surface area contributed by atoms with Crippen LogP contribution < -0.4 is 5.32 Å². The Hall–Kier alpha value is -2.24. The molecule has 0 bridgehead atoms. The molecule has 1 N–H and O–H groups in total. The lowest BCUT2D eigenvalue weighted by Gasteiger charge is -2.20. The average Bonchev–Trinajstić information content (AvgIpc) is 3.07. The van der Waals surface area contributed by atoms with Gasteiger partial charge in [-0.2, -0.15) is 0 Å². The normalized spacial score (nSPS) is 13.7. The molecule has 2 aromatic rings. The maximum Gasteiger partial charge on any atom is 0.245 e. The monoisotopic (exact) mass is 329 g/mol. The number of tetrazole rings is 1. The lowest BCUT2D eigenvalue weighted by Crippen LogP contribution is -2.39. The highest BCUT2D eigenvalue weighted by Gasteiger charge is 2.23. The number of benzene rings is 1. The fraction of sp³-hybridized carbons (Fsp3) is 0.556. The Morgan fingerprint density at radius 3 is 2.54 bits per heavy atom. The van der Waals surface area contributed by atoms with Gasteiger partial charge in [-0.1, -0.05) is 57.0 Å². The molecule has 2 atom stereocenters. The molecule has 2 rings (SSSR count). The van der Waals surface area contributed by atoms with Crippen molar-refractivity contribution in [3.05, 3.63) is 42.2 Å². The van der Waals surface area contributed by atoms with Gasteiger partial charge in [-0.3, -0.25) is 4.79 Å². The maximum absolute atomic E-state index is 12.7. The van der Waals surface area contributed by atoms with E-state index >= 15 is 0 Å². The SMILES string of the molecule is CC(C)CCCC(C)NC(=O)C(Cc1ccccc1)n1cnnn1. The third-order valence-electron chi connectivity index (χ3n) is 4.07. The van der Waals surface area contributed by atoms with Crippen LogP contribution in [0.15, 0.2) is 36.7 Å². The lowest BCUT2D eigenvalue weighted by atomic mass is 10.0. The van der Waals surface area contributed by atoms with Crippen LogP contribution in [0.3, 0.4) is 0 Å². The van der Waals surface area contributed by atoms with Gasteiger partial charge in [0.2, 0.25) is 5.91 Å². The van der Waals surface area contributed by atoms with Crippen LogP contribution in [0.5, 0.6) is 0 Å². The van der Waals surface area contributed by atoms with Gasteiger partial charge in [-0.15, -0.1) is 5.10 Å². The molecule has 1 aromatic heterocycles. The van der Waals surface area contributed by atoms with Crippen LogP contribution >= 0.6 is 0 Å². The van der Waals surface area contributed by atoms with Gasteiger partial charge in [0, 0.05) is 12.5 Å². The van der Waals surface area contributed by atoms with E-state index < -0.39 is 6.04 Å². The summed E-state index contributed by atoms with van der Waals surface area (Å²) in [4.78, 5) is 12.7. The molecule has 0 aliphatic carbocycles. The van der Waals surface area contributed by atoms with Crippen molar-refractivity contribution in [3.8, 4) is 0 Å². The van der Waals surface area contributed by atoms with Gasteiger partial charge < -0.3 is 5.32 Å². The first-order valence-electron chi connectivity index (χ1n) is 8.63. The maximum atomic E-state index is 12.7. The lowest BCUT2D eigenvalue weighted by molar-refractivity contribution is -0.125. The van der Waals surface area contributed by atoms with Gasteiger partial charge in [0.25, 0.3) is 0 Å². The van der Waals surface area contributed by atoms with Crippen molar-refractivity contribution >= 4 is 5.91 Å². The van der Waals surface area contributed by atoms with Crippen molar-refractivity contribution in [2.24, 2.45) is 5.92 Å². The van der Waals surface area contributed by atoms with E-state index in [2.05, 4.69) is 41.6 Å². The Kier molecular flexibility index (Phi) is 6.90. The summed E-state index contributed by atoms with van der Waals surface area (Å²) in [7, 11) is 0. The number of amides is 1. The Labute approximate surface area is 143 Å². The predicted octanol–water partition coefficient (Wildman–Crippen LogP) is 2.79. The summed E-state index contributed by atoms with van der Waals surface area (Å²) in [6, 6.07) is 9.64. The van der Waals surface area contributed by atoms with E-state index in [4.69, 9.17) is 0 Å². The van der Waals surface area contributed by atoms with Gasteiger partial charge in [0.05, 0.1) is 0 Å². The van der Waals surface area contributed by atoms with Crippen molar-refractivity contribution in [2.75, 3.05) is 0 Å². The molecule has 1 amide bonds. The standard InChI is InChI=1S/C18H27N5O/c1-14(2)8-7-9-15(3)20-18(24)17(23-13-19-21-22-23)12-16-10-5-4-6-11-16/h4-6,10-11,13-15,17H,7-9,12H2,1-3H3,(H,20,24). The summed E-state index contributed by atoms with van der Waals surface area (Å²) in [5.74, 6) is 0.656. The fourth-order valence-electron chi connectivity index (χ4n) is 2.70. The van der Waals surface area contributed by atoms with E-state index in [0.717, 1.165) is 18.4 Å². The molecule has 1 heterocycles. The zero-order valence-corrected chi connectivity index (χ0v) is 14.7. The number of carbonyl (C=O) groups excluding carboxylic acids is 1. The molecule has 0 aliphatic rings. The summed E-state index contributed by atoms with van der Waals surface area (Å²) < 4.78 is 1.53. The molecular weight excluding hydrogens is 302 g/mol. The summed E-state index contributed by atoms with van der Waals surface area (Å²) in [5.41, 5.74) is 1.08. The largest absolute Gasteiger partial charge is 0.352 e. The third-order valence-corrected chi connectivity index (χ3v) is 4.07. The van der Waals surface area contributed by atoms with Crippen molar-refractivity contribution in [1.29, 1.82) is 0 Å². The quantitative estimate of drug-likeness (QED) is 0.768. The van der Waals surface area contributed by atoms with Crippen molar-refractivity contribution in [2.45, 2.75) is 58.5 Å². The van der Waals surface area contributed by atoms with E-state index in [1.54, 1.807) is 0 Å². The summed E-state index contributed by atoms with van der Waals surface area (Å²) in [6.07, 6.45) is 5.35. The van der Waals surface area contributed by atoms with E-state index in [0.29, 0.717) is 12.3 Å². The first kappa shape index (κ1) is 18.1. The zero-order valence-electron chi connectivity index (χ0n) is 14.7. The van der Waals surface area contributed by atoms with Gasteiger partial charge in [-0.25, -0.2) is 4.68 Å². The third kappa shape index (κ3) is 5.76. The van der Waals surface area contributed by atoms with Crippen molar-refractivity contribution in [3.63, 3.8) is 0 Å². The second kappa shape index (κ2) is 9.15. The molecule has 0 radical (unpaired) electrons. The van der Waals surface area contributed by atoms with Crippen LogP contribution in [0.25, 0.3) is 0 Å². The molecule has 6 heteroatoms. The highest BCUT2D eigenvalue weighted by molar-refractivity contribution is 5.80. The Morgan fingerprint density at radius 1 is 1.17 bits per heavy atom. The van der Waals surface area contributed by atoms with E-state index in [1.165, 1.54) is 17.4 Å². The number of nitrogens with one attached hydrogen (secondary N) is 1. The molecule has 0 saturated heterocycles. The molecule has 1 aromatic carbocycles. The number of hydrogen-bond donors (Lipinski definition) is 1. The van der Waals surface area contributed by atoms with Crippen LogP contribution in [0, 0.1) is 5.92 Å². The molecular formula is C18H27N5O. The van der Waals surface area contributed by atoms with Crippen LogP contribution in [0.2, 0.25) is 0 Å².